The van der Waals surface area contributed by atoms with Crippen LogP contribution in [0.3, 0.4) is 0 Å². The van der Waals surface area contributed by atoms with Crippen LogP contribution >= 0.6 is 0 Å². The van der Waals surface area contributed by atoms with E-state index in [4.69, 9.17) is 4.74 Å². The van der Waals surface area contributed by atoms with Gasteiger partial charge in [-0.15, -0.1) is 0 Å². The maximum Gasteiger partial charge on any atom is 0.407 e. The van der Waals surface area contributed by atoms with E-state index < -0.39 is 6.09 Å². The van der Waals surface area contributed by atoms with Crippen LogP contribution in [0.4, 0.5) is 4.79 Å². The molecule has 0 aromatic rings. The Morgan fingerprint density at radius 2 is 1.36 bits per heavy atom. The molecule has 0 saturated carbocycles. The van der Waals surface area contributed by atoms with Gasteiger partial charge in [0.25, 0.3) is 0 Å². The zero-order chi connectivity index (χ0) is 20.9. The van der Waals surface area contributed by atoms with Gasteiger partial charge in [0.05, 0.1) is 19.3 Å². The second-order valence-corrected chi connectivity index (χ2v) is 8.25. The molecule has 0 fully saturated rings. The smallest absolute Gasteiger partial charge is 0.407 e. The summed E-state index contributed by atoms with van der Waals surface area (Å²) in [6, 6.07) is -0.229. The maximum absolute atomic E-state index is 11.6. The third-order valence-corrected chi connectivity index (χ3v) is 5.19. The molecule has 0 heterocycles. The van der Waals surface area contributed by atoms with Gasteiger partial charge in [-0.1, -0.05) is 90.7 Å². The largest absolute Gasteiger partial charge is 0.450 e. The van der Waals surface area contributed by atoms with Crippen LogP contribution in [-0.2, 0) is 4.74 Å². The predicted octanol–water partition coefficient (Wildman–Crippen LogP) is 6.77. The summed E-state index contributed by atoms with van der Waals surface area (Å²) in [6.07, 6.45) is 22.1. The lowest BCUT2D eigenvalue weighted by molar-refractivity contribution is 0.127. The van der Waals surface area contributed by atoms with Gasteiger partial charge < -0.3 is 15.2 Å². The molecule has 0 bridgehead atoms. The SMILES string of the molecule is CCCCCCCC/C=C\CCCCCCCCOC(=O)N[C@H](CO)C(C)C. The van der Waals surface area contributed by atoms with Crippen LogP contribution in [0.5, 0.6) is 0 Å². The molecule has 0 aliphatic rings. The van der Waals surface area contributed by atoms with Crippen LogP contribution < -0.4 is 5.32 Å². The van der Waals surface area contributed by atoms with Gasteiger partial charge in [0.15, 0.2) is 0 Å². The molecule has 2 N–H and O–H groups in total. The van der Waals surface area contributed by atoms with Gasteiger partial charge in [-0.25, -0.2) is 4.79 Å². The third-order valence-electron chi connectivity index (χ3n) is 5.19. The molecule has 0 aromatic heterocycles. The number of aliphatic hydroxyl groups is 1. The number of alkyl carbamates (subject to hydrolysis) is 1. The number of allylic oxidation sites excluding steroid dienone is 2. The van der Waals surface area contributed by atoms with Crippen LogP contribution in [0, 0.1) is 5.92 Å². The van der Waals surface area contributed by atoms with Gasteiger partial charge in [-0.3, -0.25) is 0 Å². The molecule has 0 aliphatic carbocycles. The Labute approximate surface area is 174 Å². The highest BCUT2D eigenvalue weighted by molar-refractivity contribution is 5.67. The first kappa shape index (κ1) is 27.0. The van der Waals surface area contributed by atoms with Gasteiger partial charge in [-0.2, -0.15) is 0 Å². The Morgan fingerprint density at radius 1 is 0.857 bits per heavy atom. The molecule has 0 aromatic carbocycles. The number of amides is 1. The fraction of sp³-hybridized carbons (Fsp3) is 0.875. The molecule has 1 atom stereocenters. The number of hydrogen-bond acceptors (Lipinski definition) is 3. The Bertz CT molecular complexity index is 369. The molecule has 4 nitrogen and oxygen atoms in total. The van der Waals surface area contributed by atoms with Crippen LogP contribution in [0.25, 0.3) is 0 Å². The Hall–Kier alpha value is -1.03. The van der Waals surface area contributed by atoms with Crippen molar-refractivity contribution < 1.29 is 14.6 Å². The minimum absolute atomic E-state index is 0.0546. The van der Waals surface area contributed by atoms with Crippen molar-refractivity contribution in [1.82, 2.24) is 5.32 Å². The zero-order valence-electron chi connectivity index (χ0n) is 18.9. The highest BCUT2D eigenvalue weighted by atomic mass is 16.5. The van der Waals surface area contributed by atoms with Crippen molar-refractivity contribution in [2.75, 3.05) is 13.2 Å². The lowest BCUT2D eigenvalue weighted by Crippen LogP contribution is -2.41. The molecule has 0 saturated heterocycles. The normalized spacial score (nSPS) is 12.6. The molecule has 1 amide bonds. The lowest BCUT2D eigenvalue weighted by Gasteiger charge is -2.19. The van der Waals surface area contributed by atoms with Crippen LogP contribution in [0.15, 0.2) is 12.2 Å². The number of aliphatic hydroxyl groups excluding tert-OH is 1. The maximum atomic E-state index is 11.6. The van der Waals surface area contributed by atoms with Crippen molar-refractivity contribution in [3.05, 3.63) is 12.2 Å². The van der Waals surface area contributed by atoms with Crippen molar-refractivity contribution in [1.29, 1.82) is 0 Å². The van der Waals surface area contributed by atoms with Gasteiger partial charge in [0.1, 0.15) is 0 Å². The summed E-state index contributed by atoms with van der Waals surface area (Å²) in [7, 11) is 0. The second kappa shape index (κ2) is 20.7. The molecule has 4 heteroatoms. The van der Waals surface area contributed by atoms with E-state index in [9.17, 15) is 9.90 Å². The molecular formula is C24H47NO3. The van der Waals surface area contributed by atoms with Crippen LogP contribution in [0.2, 0.25) is 0 Å². The Balaban J connectivity index is 3.31. The minimum atomic E-state index is -0.416. The minimum Gasteiger partial charge on any atom is -0.450 e. The summed E-state index contributed by atoms with van der Waals surface area (Å²) in [5.41, 5.74) is 0. The number of ether oxygens (including phenoxy) is 1. The van der Waals surface area contributed by atoms with Gasteiger partial charge in [0.2, 0.25) is 0 Å². The van der Waals surface area contributed by atoms with E-state index in [2.05, 4.69) is 24.4 Å². The molecule has 0 radical (unpaired) electrons. The van der Waals surface area contributed by atoms with E-state index >= 15 is 0 Å². The van der Waals surface area contributed by atoms with Crippen molar-refractivity contribution >= 4 is 6.09 Å². The Kier molecular flexibility index (Phi) is 19.9. The van der Waals surface area contributed by atoms with Crippen LogP contribution in [-0.4, -0.2) is 30.5 Å². The van der Waals surface area contributed by atoms with E-state index in [1.54, 1.807) is 0 Å². The van der Waals surface area contributed by atoms with Crippen molar-refractivity contribution in [2.24, 2.45) is 5.92 Å². The molecule has 28 heavy (non-hydrogen) atoms. The molecule has 0 spiro atoms. The second-order valence-electron chi connectivity index (χ2n) is 8.25. The van der Waals surface area contributed by atoms with Crippen molar-refractivity contribution in [2.45, 2.75) is 117 Å². The topological polar surface area (TPSA) is 58.6 Å². The number of hydrogen-bond donors (Lipinski definition) is 2. The van der Waals surface area contributed by atoms with E-state index in [1.165, 1.54) is 77.0 Å². The Morgan fingerprint density at radius 3 is 1.86 bits per heavy atom. The van der Waals surface area contributed by atoms with E-state index in [-0.39, 0.29) is 18.6 Å². The average Bonchev–Trinajstić information content (AvgIpc) is 2.68. The number of carbonyl (C=O) groups excluding carboxylic acids is 1. The van der Waals surface area contributed by atoms with E-state index in [1.807, 2.05) is 13.8 Å². The molecular weight excluding hydrogens is 350 g/mol. The first-order valence-corrected chi connectivity index (χ1v) is 11.8. The standard InChI is InChI=1S/C24H47NO3/c1-4-5-6-7-8-9-10-11-12-13-14-15-16-17-18-19-20-28-24(27)25-23(21-26)22(2)3/h11-12,22-23,26H,4-10,13-21H2,1-3H3,(H,25,27)/b12-11-/t23-/m1/s1. The summed E-state index contributed by atoms with van der Waals surface area (Å²) in [5.74, 6) is 0.197. The average molecular weight is 398 g/mol. The highest BCUT2D eigenvalue weighted by Gasteiger charge is 2.15. The monoisotopic (exact) mass is 397 g/mol. The van der Waals surface area contributed by atoms with Gasteiger partial charge in [0, 0.05) is 0 Å². The van der Waals surface area contributed by atoms with Crippen molar-refractivity contribution in [3.63, 3.8) is 0 Å². The summed E-state index contributed by atoms with van der Waals surface area (Å²) >= 11 is 0. The van der Waals surface area contributed by atoms with Crippen LogP contribution in [0.1, 0.15) is 111 Å². The van der Waals surface area contributed by atoms with Crippen molar-refractivity contribution in [3.8, 4) is 0 Å². The fourth-order valence-electron chi connectivity index (χ4n) is 3.13. The summed E-state index contributed by atoms with van der Waals surface area (Å²) in [5, 5.41) is 11.9. The van der Waals surface area contributed by atoms with Gasteiger partial charge in [-0.05, 0) is 38.0 Å². The number of nitrogens with one attached hydrogen (secondary N) is 1. The van der Waals surface area contributed by atoms with E-state index in [0.29, 0.717) is 6.61 Å². The zero-order valence-corrected chi connectivity index (χ0v) is 18.9. The summed E-state index contributed by atoms with van der Waals surface area (Å²) in [6.45, 7) is 6.60. The molecule has 0 unspecified atom stereocenters. The fourth-order valence-corrected chi connectivity index (χ4v) is 3.13. The number of unbranched alkanes of at least 4 members (excludes halogenated alkanes) is 12. The van der Waals surface area contributed by atoms with Gasteiger partial charge >= 0.3 is 6.09 Å². The number of carbonyl (C=O) groups is 1. The molecule has 0 aliphatic heterocycles. The molecule has 0 rings (SSSR count). The lowest BCUT2D eigenvalue weighted by atomic mass is 10.1. The summed E-state index contributed by atoms with van der Waals surface area (Å²) < 4.78 is 5.17. The first-order valence-electron chi connectivity index (χ1n) is 11.8. The van der Waals surface area contributed by atoms with E-state index in [0.717, 1.165) is 12.8 Å². The molecule has 166 valence electrons. The first-order chi connectivity index (χ1) is 13.6. The quantitative estimate of drug-likeness (QED) is 0.187. The third kappa shape index (κ3) is 18.3. The number of rotatable bonds is 19. The summed E-state index contributed by atoms with van der Waals surface area (Å²) in [4.78, 5) is 11.6. The predicted molar refractivity (Wildman–Crippen MR) is 120 cm³/mol. The highest BCUT2D eigenvalue weighted by Crippen LogP contribution is 2.10.